The largest absolute Gasteiger partial charge is 0.309 e. The predicted molar refractivity (Wildman–Crippen MR) is 318 cm³/mol. The maximum absolute atomic E-state index is 2.55. The van der Waals surface area contributed by atoms with E-state index in [1.807, 2.05) is 0 Å². The maximum atomic E-state index is 2.55. The molecular weight excluding hydrogens is 921 g/mol. The Hall–Kier alpha value is -8.60. The van der Waals surface area contributed by atoms with Gasteiger partial charge in [0.15, 0.2) is 0 Å². The summed E-state index contributed by atoms with van der Waals surface area (Å²) < 4.78 is 5.06. The van der Waals surface area contributed by atoms with Crippen LogP contribution in [0.3, 0.4) is 0 Å². The SMILES string of the molecule is CC1(C)c2ccccc2N2c3ccccc3C(C)(C)c3cc(-n4c5ccccc5c5cc(-c6ccc7c(c6)c6ccccc6n7-c6cc7c8c(c6)C(C)(C)c6ccccc6N8c6ccccc6C7(C)C)ccc54)cc1c32. The van der Waals surface area contributed by atoms with Crippen molar-refractivity contribution >= 4 is 77.7 Å². The number of benzene rings is 10. The third-order valence-corrected chi connectivity index (χ3v) is 18.8. The van der Waals surface area contributed by atoms with E-state index in [2.05, 4.69) is 281 Å². The highest BCUT2D eigenvalue weighted by Gasteiger charge is 2.48. The molecule has 4 aliphatic rings. The lowest BCUT2D eigenvalue weighted by molar-refractivity contribution is 0.596. The van der Waals surface area contributed by atoms with Crippen LogP contribution in [0.2, 0.25) is 0 Å². The summed E-state index contributed by atoms with van der Waals surface area (Å²) in [4.78, 5) is 5.11. The molecule has 16 rings (SSSR count). The second-order valence-electron chi connectivity index (χ2n) is 24.2. The lowest BCUT2D eigenvalue weighted by atomic mass is 9.66. The average Bonchev–Trinajstić information content (AvgIpc) is 4.08. The topological polar surface area (TPSA) is 16.3 Å². The van der Waals surface area contributed by atoms with Gasteiger partial charge in [-0.25, -0.2) is 0 Å². The quantitative estimate of drug-likeness (QED) is 0.175. The Kier molecular flexibility index (Phi) is 8.42. The van der Waals surface area contributed by atoms with Crippen LogP contribution in [0.25, 0.3) is 66.1 Å². The first-order valence-corrected chi connectivity index (χ1v) is 27.2. The van der Waals surface area contributed by atoms with Crippen molar-refractivity contribution in [3.05, 3.63) is 251 Å². The normalized spacial score (nSPS) is 16.5. The first kappa shape index (κ1) is 43.8. The van der Waals surface area contributed by atoms with Crippen molar-refractivity contribution in [3.63, 3.8) is 0 Å². The fourth-order valence-corrected chi connectivity index (χ4v) is 14.9. The summed E-state index contributed by atoms with van der Waals surface area (Å²) in [5.41, 5.74) is 27.3. The van der Waals surface area contributed by atoms with E-state index in [0.717, 1.165) is 0 Å². The molecule has 0 unspecified atom stereocenters. The molecule has 4 heteroatoms. The van der Waals surface area contributed by atoms with Crippen LogP contribution in [-0.4, -0.2) is 9.13 Å². The van der Waals surface area contributed by atoms with Crippen molar-refractivity contribution in [3.8, 4) is 22.5 Å². The zero-order valence-electron chi connectivity index (χ0n) is 44.4. The first-order valence-electron chi connectivity index (χ1n) is 27.2. The highest BCUT2D eigenvalue weighted by molar-refractivity contribution is 6.13. The van der Waals surface area contributed by atoms with Gasteiger partial charge in [0.05, 0.1) is 56.2 Å². The van der Waals surface area contributed by atoms with Gasteiger partial charge in [0.2, 0.25) is 0 Å². The molecule has 0 fully saturated rings. The summed E-state index contributed by atoms with van der Waals surface area (Å²) in [6.07, 6.45) is 0. The fraction of sp³-hybridized carbons (Fsp3) is 0.167. The molecule has 0 N–H and O–H groups in total. The van der Waals surface area contributed by atoms with Gasteiger partial charge >= 0.3 is 0 Å². The molecule has 0 spiro atoms. The predicted octanol–water partition coefficient (Wildman–Crippen LogP) is 19.0. The summed E-state index contributed by atoms with van der Waals surface area (Å²) in [6.45, 7) is 19.3. The van der Waals surface area contributed by atoms with Gasteiger partial charge in [-0.05, 0) is 141 Å². The molecule has 6 heterocycles. The molecule has 12 aromatic rings. The number of hydrogen-bond acceptors (Lipinski definition) is 2. The Morgan fingerprint density at radius 2 is 0.526 bits per heavy atom. The number of fused-ring (bicyclic) bond motifs is 14. The van der Waals surface area contributed by atoms with Crippen molar-refractivity contribution < 1.29 is 0 Å². The number of rotatable bonds is 3. The Morgan fingerprint density at radius 3 is 0.855 bits per heavy atom. The molecule has 4 aliphatic heterocycles. The van der Waals surface area contributed by atoms with E-state index in [0.29, 0.717) is 0 Å². The van der Waals surface area contributed by atoms with Gasteiger partial charge in [-0.1, -0.05) is 177 Å². The van der Waals surface area contributed by atoms with Crippen LogP contribution in [0.4, 0.5) is 34.1 Å². The molecule has 0 saturated carbocycles. The summed E-state index contributed by atoms with van der Waals surface area (Å²) >= 11 is 0. The van der Waals surface area contributed by atoms with Crippen molar-refractivity contribution in [2.24, 2.45) is 0 Å². The second-order valence-corrected chi connectivity index (χ2v) is 24.2. The van der Waals surface area contributed by atoms with Gasteiger partial charge in [-0.3, -0.25) is 0 Å². The molecule has 4 nitrogen and oxygen atoms in total. The van der Waals surface area contributed by atoms with E-state index in [-0.39, 0.29) is 21.7 Å². The van der Waals surface area contributed by atoms with Crippen molar-refractivity contribution in [1.82, 2.24) is 9.13 Å². The number of hydrogen-bond donors (Lipinski definition) is 0. The van der Waals surface area contributed by atoms with E-state index in [1.54, 1.807) is 0 Å². The van der Waals surface area contributed by atoms with Crippen LogP contribution >= 0.6 is 0 Å². The molecule has 366 valence electrons. The summed E-state index contributed by atoms with van der Waals surface area (Å²) in [5, 5.41) is 5.02. The maximum Gasteiger partial charge on any atom is 0.0545 e. The number of para-hydroxylation sites is 6. The molecule has 76 heavy (non-hydrogen) atoms. The van der Waals surface area contributed by atoms with Crippen molar-refractivity contribution in [2.45, 2.75) is 77.0 Å². The van der Waals surface area contributed by atoms with Crippen LogP contribution < -0.4 is 9.80 Å². The molecule has 0 saturated heterocycles. The zero-order chi connectivity index (χ0) is 51.4. The van der Waals surface area contributed by atoms with Crippen molar-refractivity contribution in [1.29, 1.82) is 0 Å². The molecule has 0 amide bonds. The lowest BCUT2D eigenvalue weighted by Gasteiger charge is -2.49. The van der Waals surface area contributed by atoms with Crippen LogP contribution in [-0.2, 0) is 21.7 Å². The minimum absolute atomic E-state index is 0.230. The minimum atomic E-state index is -0.230. The Balaban J connectivity index is 0.871. The first-order chi connectivity index (χ1) is 36.7. The fourth-order valence-electron chi connectivity index (χ4n) is 14.9. The van der Waals surface area contributed by atoms with Gasteiger partial charge in [0, 0.05) is 54.6 Å². The van der Waals surface area contributed by atoms with E-state index in [9.17, 15) is 0 Å². The molecule has 0 atom stereocenters. The third kappa shape index (κ3) is 5.43. The smallest absolute Gasteiger partial charge is 0.0545 e. The number of aromatic nitrogens is 2. The molecule has 2 aromatic heterocycles. The van der Waals surface area contributed by atoms with Crippen LogP contribution in [0.1, 0.15) is 99.9 Å². The van der Waals surface area contributed by atoms with Gasteiger partial charge in [0.25, 0.3) is 0 Å². The van der Waals surface area contributed by atoms with Gasteiger partial charge in [-0.15, -0.1) is 0 Å². The van der Waals surface area contributed by atoms with Crippen molar-refractivity contribution in [2.75, 3.05) is 9.80 Å². The molecule has 0 radical (unpaired) electrons. The summed E-state index contributed by atoms with van der Waals surface area (Å²) in [5.74, 6) is 0. The Bertz CT molecular complexity index is 4100. The Morgan fingerprint density at radius 1 is 0.250 bits per heavy atom. The number of nitrogens with zero attached hydrogens (tertiary/aromatic N) is 4. The van der Waals surface area contributed by atoms with Crippen LogP contribution in [0.5, 0.6) is 0 Å². The van der Waals surface area contributed by atoms with Gasteiger partial charge in [-0.2, -0.15) is 0 Å². The summed E-state index contributed by atoms with van der Waals surface area (Å²) in [7, 11) is 0. The molecule has 0 bridgehead atoms. The van der Waals surface area contributed by atoms with Crippen LogP contribution in [0, 0.1) is 0 Å². The van der Waals surface area contributed by atoms with E-state index >= 15 is 0 Å². The monoisotopic (exact) mass is 978 g/mol. The molecular formula is C72H58N4. The second kappa shape index (κ2) is 14.6. The number of anilines is 6. The molecule has 0 aliphatic carbocycles. The highest BCUT2D eigenvalue weighted by Crippen LogP contribution is 2.62. The molecule has 10 aromatic carbocycles. The zero-order valence-corrected chi connectivity index (χ0v) is 44.4. The standard InChI is InChI=1S/C72H58N4/c1-69(2)51-23-11-17-29-63(51)75-64-30-18-12-24-52(64)70(3,4)56-40-45(39-55(69)67(56)75)73-59-27-15-9-21-47(59)49-37-43(33-35-61(49)73)44-34-36-62-50(38-44)48-22-10-16-28-60(48)74(62)46-41-57-68-58(42-46)72(7,8)54-26-14-20-32-66(54)76(68)65-31-19-13-25-53(65)71(57,5)6/h9-42H,1-8H3. The lowest BCUT2D eigenvalue weighted by Crippen LogP contribution is -2.38. The Labute approximate surface area is 444 Å². The van der Waals surface area contributed by atoms with E-state index in [1.165, 1.54) is 145 Å². The summed E-state index contributed by atoms with van der Waals surface area (Å²) in [6, 6.07) is 78.5. The van der Waals surface area contributed by atoms with Gasteiger partial charge in [0.1, 0.15) is 0 Å². The van der Waals surface area contributed by atoms with E-state index < -0.39 is 0 Å². The average molecular weight is 979 g/mol. The van der Waals surface area contributed by atoms with Crippen LogP contribution in [0.15, 0.2) is 206 Å². The third-order valence-electron chi connectivity index (χ3n) is 18.8. The van der Waals surface area contributed by atoms with Gasteiger partial charge < -0.3 is 18.9 Å². The van der Waals surface area contributed by atoms with E-state index in [4.69, 9.17) is 0 Å². The minimum Gasteiger partial charge on any atom is -0.309 e. The highest BCUT2D eigenvalue weighted by atomic mass is 15.2.